The maximum atomic E-state index is 11.5. The van der Waals surface area contributed by atoms with E-state index in [0.29, 0.717) is 0 Å². The van der Waals surface area contributed by atoms with Crippen molar-refractivity contribution >= 4 is 17.3 Å². The Bertz CT molecular complexity index is 801. The van der Waals surface area contributed by atoms with Crippen molar-refractivity contribution in [1.29, 1.82) is 0 Å². The Hall–Kier alpha value is -0.786. The molecular weight excluding hydrogens is 644 g/mol. The molecule has 1 radical (unpaired) electrons. The molecule has 0 aromatic heterocycles. The van der Waals surface area contributed by atoms with Crippen LogP contribution >= 0.6 is 0 Å². The predicted octanol–water partition coefficient (Wildman–Crippen LogP) is 9.27. The predicted molar refractivity (Wildman–Crippen MR) is 164 cm³/mol. The molecule has 0 saturated heterocycles. The number of carbonyl (C=O) groups is 3. The van der Waals surface area contributed by atoms with Crippen LogP contribution in [0.2, 0.25) is 0 Å². The van der Waals surface area contributed by atoms with Gasteiger partial charge in [-0.15, -0.1) is 0 Å². The van der Waals surface area contributed by atoms with E-state index in [1.807, 2.05) is 125 Å². The molecule has 0 aliphatic carbocycles. The Morgan fingerprint density at radius 3 is 0.550 bits per heavy atom. The molecule has 0 bridgehead atoms. The van der Waals surface area contributed by atoms with E-state index in [2.05, 4.69) is 0 Å². The van der Waals surface area contributed by atoms with Crippen molar-refractivity contribution in [3.05, 3.63) is 35.5 Å². The maximum Gasteiger partial charge on any atom is 0.164 e. The van der Waals surface area contributed by atoms with Crippen LogP contribution in [0.5, 0.6) is 0 Å². The molecule has 0 fully saturated rings. The molecule has 0 aromatic rings. The van der Waals surface area contributed by atoms with Gasteiger partial charge in [0.05, 0.1) is 0 Å². The van der Waals surface area contributed by atoms with Crippen molar-refractivity contribution in [2.45, 2.75) is 125 Å². The monoisotopic (exact) mass is 705 g/mol. The molecular formula is C33H60EuO6. The van der Waals surface area contributed by atoms with E-state index in [9.17, 15) is 29.7 Å². The van der Waals surface area contributed by atoms with Gasteiger partial charge in [-0.05, 0) is 0 Å². The van der Waals surface area contributed by atoms with Crippen LogP contribution in [0, 0.1) is 81.9 Å². The molecule has 0 amide bonds. The summed E-state index contributed by atoms with van der Waals surface area (Å²) in [6.45, 7) is 33.3. The topological polar surface area (TPSA) is 112 Å². The zero-order valence-electron chi connectivity index (χ0n) is 28.7. The van der Waals surface area contributed by atoms with Crippen LogP contribution in [0.4, 0.5) is 0 Å². The summed E-state index contributed by atoms with van der Waals surface area (Å²) < 4.78 is 0. The average molecular weight is 705 g/mol. The summed E-state index contributed by atoms with van der Waals surface area (Å²) in [5.41, 5.74) is -2.29. The number of carbonyl (C=O) groups excluding carboxylic acids is 3. The molecule has 40 heavy (non-hydrogen) atoms. The van der Waals surface area contributed by atoms with E-state index in [1.165, 1.54) is 18.2 Å². The summed E-state index contributed by atoms with van der Waals surface area (Å²) in [5.74, 6) is 0.312. The van der Waals surface area contributed by atoms with Gasteiger partial charge in [-0.2, -0.15) is 0 Å². The van der Waals surface area contributed by atoms with Crippen molar-refractivity contribution in [1.82, 2.24) is 0 Å². The first-order chi connectivity index (χ1) is 16.6. The molecule has 0 aliphatic rings. The number of aliphatic hydroxyl groups excluding tert-OH is 3. The summed E-state index contributed by atoms with van der Waals surface area (Å²) >= 11 is 0. The number of aliphatic hydroxyl groups is 3. The van der Waals surface area contributed by atoms with Crippen LogP contribution in [-0.2, 0) is 14.4 Å². The van der Waals surface area contributed by atoms with Gasteiger partial charge in [0.1, 0.15) is 17.3 Å². The zero-order chi connectivity index (χ0) is 32.6. The van der Waals surface area contributed by atoms with Gasteiger partial charge in [-0.3, -0.25) is 14.4 Å². The molecule has 3 N–H and O–H groups in total. The Kier molecular flexibility index (Phi) is 19.3. The smallest absolute Gasteiger partial charge is 0.164 e. The Morgan fingerprint density at radius 1 is 0.350 bits per heavy atom. The minimum Gasteiger partial charge on any atom is -0.512 e. The van der Waals surface area contributed by atoms with E-state index >= 15 is 0 Å². The van der Waals surface area contributed by atoms with Gasteiger partial charge in [-0.1, -0.05) is 125 Å². The molecule has 0 unspecified atom stereocenters. The summed E-state index contributed by atoms with van der Waals surface area (Å²) in [7, 11) is 0. The fraction of sp³-hybridized carbons (Fsp3) is 0.727. The second kappa shape index (κ2) is 16.7. The molecule has 6 nitrogen and oxygen atoms in total. The molecule has 0 atom stereocenters. The van der Waals surface area contributed by atoms with Crippen LogP contribution in [0.15, 0.2) is 35.5 Å². The van der Waals surface area contributed by atoms with Gasteiger partial charge < -0.3 is 15.3 Å². The second-order valence-corrected chi connectivity index (χ2v) is 16.2. The molecule has 0 aromatic carbocycles. The minimum absolute atomic E-state index is 0. The second-order valence-electron chi connectivity index (χ2n) is 16.2. The number of hydrogen-bond acceptors (Lipinski definition) is 6. The third kappa shape index (κ3) is 21.9. The summed E-state index contributed by atoms with van der Waals surface area (Å²) in [6, 6.07) is 0. The van der Waals surface area contributed by atoms with Crippen LogP contribution in [0.3, 0.4) is 0 Å². The van der Waals surface area contributed by atoms with E-state index in [4.69, 9.17) is 0 Å². The van der Waals surface area contributed by atoms with Gasteiger partial charge in [0, 0.05) is 100 Å². The van der Waals surface area contributed by atoms with Crippen LogP contribution < -0.4 is 0 Å². The van der Waals surface area contributed by atoms with Crippen molar-refractivity contribution in [2.75, 3.05) is 0 Å². The van der Waals surface area contributed by atoms with Crippen molar-refractivity contribution in [2.24, 2.45) is 32.5 Å². The molecule has 7 heteroatoms. The molecule has 0 saturated carbocycles. The first kappa shape index (κ1) is 46.2. The number of ketones is 3. The van der Waals surface area contributed by atoms with Gasteiger partial charge in [0.25, 0.3) is 0 Å². The third-order valence-electron chi connectivity index (χ3n) is 5.33. The van der Waals surface area contributed by atoms with Gasteiger partial charge >= 0.3 is 0 Å². The maximum absolute atomic E-state index is 11.5. The van der Waals surface area contributed by atoms with Crippen LogP contribution in [-0.4, -0.2) is 32.7 Å². The Morgan fingerprint density at radius 2 is 0.475 bits per heavy atom. The number of rotatable bonds is 3. The quantitative estimate of drug-likeness (QED) is 0.200. The zero-order valence-corrected chi connectivity index (χ0v) is 31.1. The Balaban J connectivity index is -0.000000240. The third-order valence-corrected chi connectivity index (χ3v) is 5.33. The van der Waals surface area contributed by atoms with Crippen molar-refractivity contribution < 1.29 is 79.1 Å². The average Bonchev–Trinajstić information content (AvgIpc) is 2.64. The van der Waals surface area contributed by atoms with Crippen LogP contribution in [0.25, 0.3) is 0 Å². The molecule has 0 aliphatic heterocycles. The van der Waals surface area contributed by atoms with E-state index in [1.54, 1.807) is 0 Å². The fourth-order valence-electron chi connectivity index (χ4n) is 1.67. The summed E-state index contributed by atoms with van der Waals surface area (Å²) in [4.78, 5) is 34.5. The number of hydrogen-bond donors (Lipinski definition) is 3. The van der Waals surface area contributed by atoms with E-state index < -0.39 is 16.2 Å². The summed E-state index contributed by atoms with van der Waals surface area (Å²) in [6.07, 6.45) is 4.00. The van der Waals surface area contributed by atoms with Gasteiger partial charge in [-0.25, -0.2) is 0 Å². The normalized spacial score (nSPS) is 14.1. The van der Waals surface area contributed by atoms with Crippen LogP contribution in [0.1, 0.15) is 125 Å². The Labute approximate surface area is 286 Å². The molecule has 0 rings (SSSR count). The first-order valence-electron chi connectivity index (χ1n) is 13.5. The van der Waals surface area contributed by atoms with E-state index in [-0.39, 0.29) is 100 Å². The van der Waals surface area contributed by atoms with Gasteiger partial charge in [0.15, 0.2) is 17.3 Å². The minimum atomic E-state index is -0.417. The largest absolute Gasteiger partial charge is 0.512 e. The number of allylic oxidation sites excluding steroid dienone is 6. The first-order valence-corrected chi connectivity index (χ1v) is 13.5. The van der Waals surface area contributed by atoms with Gasteiger partial charge in [0.2, 0.25) is 0 Å². The molecule has 235 valence electrons. The summed E-state index contributed by atoms with van der Waals surface area (Å²) in [5, 5.41) is 28.7. The van der Waals surface area contributed by atoms with Crippen molar-refractivity contribution in [3.63, 3.8) is 0 Å². The fourth-order valence-corrected chi connectivity index (χ4v) is 1.67. The standard InChI is InChI=1S/3C11H20O2.Eu/c3*1-10(2,3)8(12)7-9(13)11(4,5)6;/h3*7,12H,1-6H3;/b3*8-7+;. The van der Waals surface area contributed by atoms with Crippen molar-refractivity contribution in [3.8, 4) is 0 Å². The molecule has 0 heterocycles. The van der Waals surface area contributed by atoms with E-state index in [0.717, 1.165) is 0 Å². The molecule has 0 spiro atoms. The SMILES string of the molecule is CC(C)(C)C(=O)/C=C(/O)C(C)(C)C.CC(C)(C)C(=O)/C=C(/O)C(C)(C)C.CC(C)(C)C(=O)/C=C(/O)C(C)(C)C.[Eu].